The first-order valence-corrected chi connectivity index (χ1v) is 11.6. The minimum atomic E-state index is -3.42. The molecule has 160 valence electrons. The molecule has 1 amide bonds. The van der Waals surface area contributed by atoms with Crippen molar-refractivity contribution in [3.8, 4) is 5.75 Å². The lowest BCUT2D eigenvalue weighted by atomic mass is 10.1. The first-order chi connectivity index (χ1) is 14.3. The molecule has 1 aliphatic heterocycles. The van der Waals surface area contributed by atoms with Crippen LogP contribution in [0.4, 0.5) is 11.4 Å². The van der Waals surface area contributed by atoms with E-state index in [1.54, 1.807) is 31.4 Å². The van der Waals surface area contributed by atoms with Crippen LogP contribution in [-0.2, 0) is 10.0 Å². The number of para-hydroxylation sites is 2. The van der Waals surface area contributed by atoms with Gasteiger partial charge in [0, 0.05) is 31.7 Å². The largest absolute Gasteiger partial charge is 0.495 e. The van der Waals surface area contributed by atoms with Gasteiger partial charge in [0.05, 0.1) is 31.3 Å². The van der Waals surface area contributed by atoms with Crippen LogP contribution in [0, 0.1) is 0 Å². The highest BCUT2D eigenvalue weighted by Crippen LogP contribution is 2.28. The van der Waals surface area contributed by atoms with Gasteiger partial charge in [0.25, 0.3) is 5.91 Å². The van der Waals surface area contributed by atoms with Crippen molar-refractivity contribution in [3.63, 3.8) is 0 Å². The molecule has 30 heavy (non-hydrogen) atoms. The van der Waals surface area contributed by atoms with E-state index in [1.165, 1.54) is 10.4 Å². The number of carbonyl (C=O) groups excluding carboxylic acids is 1. The highest BCUT2D eigenvalue weighted by Gasteiger charge is 2.24. The first kappa shape index (κ1) is 21.7. The number of carbonyl (C=O) groups is 1. The van der Waals surface area contributed by atoms with Crippen LogP contribution in [0.1, 0.15) is 10.4 Å². The highest BCUT2D eigenvalue weighted by atomic mass is 32.2. The monoisotopic (exact) mass is 429 g/mol. The summed E-state index contributed by atoms with van der Waals surface area (Å²) in [7, 11) is -1.77. The second-order valence-corrected chi connectivity index (χ2v) is 8.99. The van der Waals surface area contributed by atoms with Crippen LogP contribution in [0.2, 0.25) is 0 Å². The van der Waals surface area contributed by atoms with Gasteiger partial charge >= 0.3 is 0 Å². The maximum absolute atomic E-state index is 12.9. The number of methoxy groups -OCH3 is 1. The molecule has 0 atom stereocenters. The van der Waals surface area contributed by atoms with E-state index in [4.69, 9.17) is 4.74 Å². The van der Waals surface area contributed by atoms with E-state index in [9.17, 15) is 13.2 Å². The number of amides is 1. The quantitative estimate of drug-likeness (QED) is 0.633. The summed E-state index contributed by atoms with van der Waals surface area (Å²) in [5, 5.41) is 0. The smallest absolute Gasteiger partial charge is 0.253 e. The Hall–Kier alpha value is -3.00. The van der Waals surface area contributed by atoms with Crippen molar-refractivity contribution in [2.45, 2.75) is 0 Å². The van der Waals surface area contributed by atoms with Crippen molar-refractivity contribution in [1.29, 1.82) is 0 Å². The van der Waals surface area contributed by atoms with Gasteiger partial charge < -0.3 is 14.5 Å². The molecule has 0 radical (unpaired) electrons. The van der Waals surface area contributed by atoms with Crippen LogP contribution >= 0.6 is 0 Å². The van der Waals surface area contributed by atoms with Gasteiger partial charge in [-0.05, 0) is 36.4 Å². The number of hydrogen-bond acceptors (Lipinski definition) is 5. The Morgan fingerprint density at radius 2 is 1.73 bits per heavy atom. The van der Waals surface area contributed by atoms with E-state index in [-0.39, 0.29) is 12.5 Å². The van der Waals surface area contributed by atoms with Crippen molar-refractivity contribution in [1.82, 2.24) is 4.90 Å². The lowest BCUT2D eigenvalue weighted by Crippen LogP contribution is -2.48. The van der Waals surface area contributed by atoms with Crippen molar-refractivity contribution >= 4 is 27.3 Å². The van der Waals surface area contributed by atoms with Gasteiger partial charge in [-0.15, -0.1) is 6.58 Å². The molecule has 1 aliphatic rings. The van der Waals surface area contributed by atoms with E-state index in [2.05, 4.69) is 11.5 Å². The molecule has 0 unspecified atom stereocenters. The Morgan fingerprint density at radius 1 is 1.10 bits per heavy atom. The average Bonchev–Trinajstić information content (AvgIpc) is 2.76. The predicted octanol–water partition coefficient (Wildman–Crippen LogP) is 2.61. The molecule has 0 aromatic heterocycles. The summed E-state index contributed by atoms with van der Waals surface area (Å²) in [4.78, 5) is 16.9. The first-order valence-electron chi connectivity index (χ1n) is 9.71. The van der Waals surface area contributed by atoms with Gasteiger partial charge in [-0.3, -0.25) is 9.10 Å². The summed E-state index contributed by atoms with van der Waals surface area (Å²) < 4.78 is 30.6. The zero-order valence-electron chi connectivity index (χ0n) is 17.3. The molecule has 0 saturated carbocycles. The number of sulfonamides is 1. The van der Waals surface area contributed by atoms with Crippen molar-refractivity contribution in [2.24, 2.45) is 0 Å². The van der Waals surface area contributed by atoms with Crippen molar-refractivity contribution in [3.05, 3.63) is 66.7 Å². The lowest BCUT2D eigenvalue weighted by molar-refractivity contribution is 0.0746. The Labute approximate surface area is 178 Å². The molecule has 0 N–H and O–H groups in total. The molecule has 1 saturated heterocycles. The molecule has 0 aliphatic carbocycles. The van der Waals surface area contributed by atoms with Crippen molar-refractivity contribution in [2.75, 3.05) is 55.3 Å². The third-order valence-electron chi connectivity index (χ3n) is 5.09. The highest BCUT2D eigenvalue weighted by molar-refractivity contribution is 7.92. The Kier molecular flexibility index (Phi) is 6.66. The maximum Gasteiger partial charge on any atom is 0.253 e. The molecule has 1 heterocycles. The molecular weight excluding hydrogens is 402 g/mol. The molecule has 0 spiro atoms. The second-order valence-electron chi connectivity index (χ2n) is 7.08. The Bertz CT molecular complexity index is 997. The summed E-state index contributed by atoms with van der Waals surface area (Å²) in [6.45, 7) is 6.42. The summed E-state index contributed by atoms with van der Waals surface area (Å²) in [6.07, 6.45) is 2.68. The van der Waals surface area contributed by atoms with Gasteiger partial charge in [-0.25, -0.2) is 8.42 Å². The van der Waals surface area contributed by atoms with E-state index in [0.29, 0.717) is 37.4 Å². The number of rotatable bonds is 7. The molecule has 0 bridgehead atoms. The normalized spacial score (nSPS) is 14.3. The molecule has 2 aromatic carbocycles. The fraction of sp³-hybridized carbons (Fsp3) is 0.318. The number of benzene rings is 2. The van der Waals surface area contributed by atoms with E-state index in [0.717, 1.165) is 17.7 Å². The maximum atomic E-state index is 12.9. The summed E-state index contributed by atoms with van der Waals surface area (Å²) >= 11 is 0. The summed E-state index contributed by atoms with van der Waals surface area (Å²) in [5.41, 5.74) is 2.08. The Balaban J connectivity index is 1.67. The predicted molar refractivity (Wildman–Crippen MR) is 120 cm³/mol. The van der Waals surface area contributed by atoms with E-state index in [1.807, 2.05) is 29.2 Å². The second kappa shape index (κ2) is 9.21. The third-order valence-corrected chi connectivity index (χ3v) is 6.25. The van der Waals surface area contributed by atoms with Gasteiger partial charge in [0.1, 0.15) is 5.75 Å². The van der Waals surface area contributed by atoms with Crippen LogP contribution in [0.5, 0.6) is 5.75 Å². The topological polar surface area (TPSA) is 70.2 Å². The summed E-state index contributed by atoms with van der Waals surface area (Å²) in [6, 6.07) is 14.5. The minimum absolute atomic E-state index is 0.0594. The number of nitrogens with zero attached hydrogens (tertiary/aromatic N) is 3. The number of piperazine rings is 1. The minimum Gasteiger partial charge on any atom is -0.495 e. The number of hydrogen-bond donors (Lipinski definition) is 0. The van der Waals surface area contributed by atoms with Gasteiger partial charge in [-0.2, -0.15) is 0 Å². The van der Waals surface area contributed by atoms with Gasteiger partial charge in [0.15, 0.2) is 0 Å². The number of anilines is 2. The van der Waals surface area contributed by atoms with E-state index < -0.39 is 10.0 Å². The standard InChI is InChI=1S/C22H27N3O4S/c1-4-13-25(30(3,27)28)19-11-9-18(10-12-19)22(26)24-16-14-23(15-17-24)20-7-5-6-8-21(20)29-2/h4-12H,1,13-17H2,2-3H3. The molecular formula is C22H27N3O4S. The molecule has 3 rings (SSSR count). The van der Waals surface area contributed by atoms with Crippen LogP contribution < -0.4 is 13.9 Å². The average molecular weight is 430 g/mol. The molecule has 8 heteroatoms. The molecule has 1 fully saturated rings. The van der Waals surface area contributed by atoms with Crippen LogP contribution in [0.15, 0.2) is 61.2 Å². The Morgan fingerprint density at radius 3 is 2.30 bits per heavy atom. The van der Waals surface area contributed by atoms with E-state index >= 15 is 0 Å². The zero-order chi connectivity index (χ0) is 21.7. The van der Waals surface area contributed by atoms with Crippen LogP contribution in [0.3, 0.4) is 0 Å². The zero-order valence-corrected chi connectivity index (χ0v) is 18.1. The molecule has 2 aromatic rings. The fourth-order valence-electron chi connectivity index (χ4n) is 3.54. The molecule has 7 nitrogen and oxygen atoms in total. The van der Waals surface area contributed by atoms with Crippen molar-refractivity contribution < 1.29 is 17.9 Å². The van der Waals surface area contributed by atoms with Gasteiger partial charge in [-0.1, -0.05) is 18.2 Å². The lowest BCUT2D eigenvalue weighted by Gasteiger charge is -2.36. The number of ether oxygens (including phenoxy) is 1. The van der Waals surface area contributed by atoms with Crippen LogP contribution in [0.25, 0.3) is 0 Å². The summed E-state index contributed by atoms with van der Waals surface area (Å²) in [5.74, 6) is 0.763. The SMILES string of the molecule is C=CCN(c1ccc(C(=O)N2CCN(c3ccccc3OC)CC2)cc1)S(C)(=O)=O. The fourth-order valence-corrected chi connectivity index (χ4v) is 4.42. The van der Waals surface area contributed by atoms with Gasteiger partial charge in [0.2, 0.25) is 10.0 Å². The van der Waals surface area contributed by atoms with Crippen LogP contribution in [-0.4, -0.2) is 65.3 Å². The third kappa shape index (κ3) is 4.76.